The maximum Gasteiger partial charge on any atom is 0.142 e. The van der Waals surface area contributed by atoms with E-state index in [0.717, 1.165) is 0 Å². The summed E-state index contributed by atoms with van der Waals surface area (Å²) in [5.74, 6) is -0.981. The van der Waals surface area contributed by atoms with E-state index in [4.69, 9.17) is 0 Å². The molecule has 4 nitrogen and oxygen atoms in total. The molecule has 0 aromatic carbocycles. The molecule has 0 aromatic heterocycles. The van der Waals surface area contributed by atoms with E-state index in [9.17, 15) is 9.90 Å². The van der Waals surface area contributed by atoms with Crippen molar-refractivity contribution in [1.29, 1.82) is 0 Å². The molecule has 0 N–H and O–H groups in total. The van der Waals surface area contributed by atoms with Gasteiger partial charge in [0.15, 0.2) is 0 Å². The van der Waals surface area contributed by atoms with Crippen LogP contribution >= 0.6 is 0 Å². The summed E-state index contributed by atoms with van der Waals surface area (Å²) < 4.78 is 0.695. The molecule has 0 amide bonds. The van der Waals surface area contributed by atoms with Gasteiger partial charge >= 0.3 is 0 Å². The number of hydrogen-bond acceptors (Lipinski definition) is 3. The topological polar surface area (TPSA) is 43.4 Å². The van der Waals surface area contributed by atoms with Crippen molar-refractivity contribution < 1.29 is 14.4 Å². The molecule has 0 radical (unpaired) electrons. The lowest BCUT2D eigenvalue weighted by molar-refractivity contribution is -0.906. The van der Waals surface area contributed by atoms with Gasteiger partial charge in [-0.15, -0.1) is 0 Å². The number of carbonyl (C=O) groups is 1. The maximum atomic E-state index is 11.0. The molecule has 1 rings (SSSR count). The molecule has 76 valence electrons. The Morgan fingerprint density at radius 3 is 2.23 bits per heavy atom. The van der Waals surface area contributed by atoms with Gasteiger partial charge in [0, 0.05) is 6.92 Å². The molecule has 1 heterocycles. The normalized spacial score (nSPS) is 39.3. The number of rotatable bonds is 1. The third-order valence-corrected chi connectivity index (χ3v) is 3.51. The van der Waals surface area contributed by atoms with Gasteiger partial charge in [-0.05, 0) is 14.0 Å². The summed E-state index contributed by atoms with van der Waals surface area (Å²) in [6.07, 6.45) is 0.211. The Morgan fingerprint density at radius 2 is 2.08 bits per heavy atom. The Hall–Kier alpha value is -0.610. The van der Waals surface area contributed by atoms with Crippen LogP contribution in [0.2, 0.25) is 0 Å². The second-order valence-electron chi connectivity index (χ2n) is 4.74. The van der Waals surface area contributed by atoms with Crippen LogP contribution in [0.15, 0.2) is 0 Å². The first-order valence-corrected chi connectivity index (χ1v) is 4.49. The number of likely N-dealkylation sites (N-methyl/N-ethyl adjacent to an activating group) is 2. The molecule has 0 spiro atoms. The van der Waals surface area contributed by atoms with Crippen LogP contribution < -0.4 is 5.11 Å². The van der Waals surface area contributed by atoms with Crippen molar-refractivity contribution in [2.24, 2.45) is 0 Å². The molecule has 0 aliphatic carbocycles. The standard InChI is InChI=1S/C9H18N2O2/c1-7-10(3)9(2,8(12)13)6-11(7,4)5/h7H,6H2,1-5H3. The zero-order valence-electron chi connectivity index (χ0n) is 9.00. The van der Waals surface area contributed by atoms with Crippen molar-refractivity contribution >= 4 is 5.97 Å². The van der Waals surface area contributed by atoms with Gasteiger partial charge in [-0.3, -0.25) is 0 Å². The lowest BCUT2D eigenvalue weighted by Gasteiger charge is -2.30. The molecular weight excluding hydrogens is 168 g/mol. The summed E-state index contributed by atoms with van der Waals surface area (Å²) >= 11 is 0. The number of carboxylic acids is 1. The molecule has 2 unspecified atom stereocenters. The van der Waals surface area contributed by atoms with Gasteiger partial charge in [0.1, 0.15) is 18.2 Å². The van der Waals surface area contributed by atoms with E-state index in [1.54, 1.807) is 6.92 Å². The van der Waals surface area contributed by atoms with Crippen molar-refractivity contribution in [2.45, 2.75) is 25.6 Å². The fourth-order valence-corrected chi connectivity index (χ4v) is 2.13. The third-order valence-electron chi connectivity index (χ3n) is 3.51. The Labute approximate surface area is 79.3 Å². The molecule has 1 aliphatic heterocycles. The SMILES string of the molecule is CC1N(C)C(C)(C(=O)[O-])C[N+]1(C)C. The monoisotopic (exact) mass is 186 g/mol. The fourth-order valence-electron chi connectivity index (χ4n) is 2.13. The number of quaternary nitrogens is 1. The van der Waals surface area contributed by atoms with Crippen molar-refractivity contribution in [3.63, 3.8) is 0 Å². The lowest BCUT2D eigenvalue weighted by Crippen LogP contribution is -2.56. The fraction of sp³-hybridized carbons (Fsp3) is 0.889. The van der Waals surface area contributed by atoms with Crippen LogP contribution in [0, 0.1) is 0 Å². The van der Waals surface area contributed by atoms with Crippen molar-refractivity contribution in [2.75, 3.05) is 27.7 Å². The van der Waals surface area contributed by atoms with Crippen molar-refractivity contribution in [3.05, 3.63) is 0 Å². The van der Waals surface area contributed by atoms with Crippen LogP contribution in [0.3, 0.4) is 0 Å². The van der Waals surface area contributed by atoms with E-state index in [1.807, 2.05) is 33.0 Å². The van der Waals surface area contributed by atoms with Gasteiger partial charge in [0.2, 0.25) is 0 Å². The second-order valence-corrected chi connectivity index (χ2v) is 4.74. The number of hydrogen-bond donors (Lipinski definition) is 0. The minimum Gasteiger partial charge on any atom is -0.548 e. The number of carbonyl (C=O) groups excluding carboxylic acids is 1. The van der Waals surface area contributed by atoms with E-state index in [-0.39, 0.29) is 6.17 Å². The molecule has 1 fully saturated rings. The molecular formula is C9H18N2O2. The number of nitrogens with zero attached hydrogens (tertiary/aromatic N) is 2. The summed E-state index contributed by atoms with van der Waals surface area (Å²) in [6.45, 7) is 4.35. The van der Waals surface area contributed by atoms with Gasteiger partial charge in [-0.2, -0.15) is 0 Å². The molecule has 2 atom stereocenters. The van der Waals surface area contributed by atoms with E-state index in [1.165, 1.54) is 0 Å². The van der Waals surface area contributed by atoms with Gasteiger partial charge in [0.05, 0.1) is 20.1 Å². The molecule has 0 bridgehead atoms. The van der Waals surface area contributed by atoms with E-state index >= 15 is 0 Å². The van der Waals surface area contributed by atoms with Crippen molar-refractivity contribution in [3.8, 4) is 0 Å². The summed E-state index contributed by atoms with van der Waals surface area (Å²) in [5, 5.41) is 11.0. The van der Waals surface area contributed by atoms with Crippen LogP contribution in [0.4, 0.5) is 0 Å². The summed E-state index contributed by atoms with van der Waals surface area (Å²) in [5.41, 5.74) is -0.830. The second kappa shape index (κ2) is 2.69. The molecule has 0 aromatic rings. The Kier molecular flexibility index (Phi) is 2.16. The lowest BCUT2D eigenvalue weighted by atomic mass is 10.0. The Balaban J connectivity index is 3.02. The Morgan fingerprint density at radius 1 is 1.62 bits per heavy atom. The van der Waals surface area contributed by atoms with Crippen LogP contribution in [0.25, 0.3) is 0 Å². The largest absolute Gasteiger partial charge is 0.548 e. The smallest absolute Gasteiger partial charge is 0.142 e. The van der Waals surface area contributed by atoms with E-state index in [2.05, 4.69) is 0 Å². The first-order chi connectivity index (χ1) is 5.72. The molecule has 13 heavy (non-hydrogen) atoms. The van der Waals surface area contributed by atoms with Crippen LogP contribution in [-0.4, -0.2) is 54.7 Å². The minimum absolute atomic E-state index is 0.211. The summed E-state index contributed by atoms with van der Waals surface area (Å²) in [4.78, 5) is 12.9. The van der Waals surface area contributed by atoms with E-state index in [0.29, 0.717) is 11.0 Å². The highest BCUT2D eigenvalue weighted by Crippen LogP contribution is 2.30. The quantitative estimate of drug-likeness (QED) is 0.486. The number of carboxylic acid groups (broad SMARTS) is 1. The zero-order chi connectivity index (χ0) is 10.4. The molecule has 1 saturated heterocycles. The first kappa shape index (κ1) is 10.5. The highest BCUT2D eigenvalue weighted by molar-refractivity contribution is 5.76. The van der Waals surface area contributed by atoms with Crippen LogP contribution in [0.1, 0.15) is 13.8 Å². The van der Waals surface area contributed by atoms with Gasteiger partial charge in [-0.1, -0.05) is 0 Å². The van der Waals surface area contributed by atoms with Gasteiger partial charge in [-0.25, -0.2) is 4.90 Å². The van der Waals surface area contributed by atoms with Gasteiger partial charge in [0.25, 0.3) is 0 Å². The van der Waals surface area contributed by atoms with Crippen LogP contribution in [-0.2, 0) is 4.79 Å². The minimum atomic E-state index is -0.981. The molecule has 1 aliphatic rings. The first-order valence-electron chi connectivity index (χ1n) is 4.49. The summed E-state index contributed by atoms with van der Waals surface area (Å²) in [7, 11) is 5.91. The highest BCUT2D eigenvalue weighted by atomic mass is 16.4. The predicted octanol–water partition coefficient (Wildman–Crippen LogP) is -1.14. The maximum absolute atomic E-state index is 11.0. The average Bonchev–Trinajstić information content (AvgIpc) is 2.13. The summed E-state index contributed by atoms with van der Waals surface area (Å²) in [6, 6.07) is 0. The van der Waals surface area contributed by atoms with E-state index < -0.39 is 11.5 Å². The zero-order valence-corrected chi connectivity index (χ0v) is 9.00. The third kappa shape index (κ3) is 1.34. The highest BCUT2D eigenvalue weighted by Gasteiger charge is 2.51. The van der Waals surface area contributed by atoms with Crippen LogP contribution in [0.5, 0.6) is 0 Å². The van der Waals surface area contributed by atoms with Crippen molar-refractivity contribution in [1.82, 2.24) is 4.90 Å². The Bertz CT molecular complexity index is 240. The molecule has 0 saturated carbocycles. The van der Waals surface area contributed by atoms with Gasteiger partial charge < -0.3 is 14.4 Å². The molecule has 4 heteroatoms. The average molecular weight is 186 g/mol. The number of aliphatic carboxylic acids is 1. The predicted molar refractivity (Wildman–Crippen MR) is 47.6 cm³/mol.